The third-order valence-electron chi connectivity index (χ3n) is 5.03. The fraction of sp³-hybridized carbons (Fsp3) is 0.391. The highest BCUT2D eigenvalue weighted by Gasteiger charge is 2.20. The van der Waals surface area contributed by atoms with Crippen molar-refractivity contribution in [2.24, 2.45) is 0 Å². The van der Waals surface area contributed by atoms with Crippen molar-refractivity contribution in [3.05, 3.63) is 53.1 Å². The summed E-state index contributed by atoms with van der Waals surface area (Å²) in [5, 5.41) is 0.751. The summed E-state index contributed by atoms with van der Waals surface area (Å²) >= 11 is 1.54. The van der Waals surface area contributed by atoms with Gasteiger partial charge in [-0.15, -0.1) is 12.4 Å². The van der Waals surface area contributed by atoms with Gasteiger partial charge in [0, 0.05) is 6.54 Å². The van der Waals surface area contributed by atoms with E-state index in [1.165, 1.54) is 22.5 Å². The van der Waals surface area contributed by atoms with Gasteiger partial charge in [-0.2, -0.15) is 0 Å². The predicted molar refractivity (Wildman–Crippen MR) is 129 cm³/mol. The van der Waals surface area contributed by atoms with Crippen LogP contribution in [0.2, 0.25) is 0 Å². The second-order valence-corrected chi connectivity index (χ2v) is 8.64. The minimum atomic E-state index is 0. The molecule has 2 aromatic carbocycles. The van der Waals surface area contributed by atoms with Gasteiger partial charge < -0.3 is 9.64 Å². The Morgan fingerprint density at radius 3 is 2.50 bits per heavy atom. The molecule has 5 nitrogen and oxygen atoms in total. The Hall–Kier alpha value is -2.15. The van der Waals surface area contributed by atoms with E-state index in [9.17, 15) is 4.79 Å². The predicted octanol–water partition coefficient (Wildman–Crippen LogP) is 4.87. The Bertz CT molecular complexity index is 1000. The van der Waals surface area contributed by atoms with Crippen LogP contribution in [0.4, 0.5) is 5.13 Å². The Morgan fingerprint density at radius 1 is 1.07 bits per heavy atom. The molecule has 3 rings (SSSR count). The van der Waals surface area contributed by atoms with Crippen molar-refractivity contribution >= 4 is 45.0 Å². The van der Waals surface area contributed by atoms with Crippen molar-refractivity contribution < 1.29 is 9.53 Å². The quantitative estimate of drug-likeness (QED) is 0.494. The first-order chi connectivity index (χ1) is 13.9. The van der Waals surface area contributed by atoms with Crippen LogP contribution < -0.4 is 9.64 Å². The Balaban J connectivity index is 0.00000320. The number of rotatable bonds is 8. The SMILES string of the molecule is COc1ccc2nc(N(CCCN(C)C)C(=O)Cc3ccc(C)c(C)c3)sc2c1.Cl. The number of halogens is 1. The average Bonchev–Trinajstić information content (AvgIpc) is 3.10. The highest BCUT2D eigenvalue weighted by atomic mass is 35.5. The number of aromatic nitrogens is 1. The zero-order chi connectivity index (χ0) is 21.0. The molecule has 162 valence electrons. The summed E-state index contributed by atoms with van der Waals surface area (Å²) in [7, 11) is 5.75. The van der Waals surface area contributed by atoms with Gasteiger partial charge in [-0.3, -0.25) is 9.69 Å². The van der Waals surface area contributed by atoms with E-state index in [1.54, 1.807) is 7.11 Å². The molecule has 0 saturated carbocycles. The standard InChI is InChI=1S/C23H29N3O2S.ClH/c1-16-7-8-18(13-17(16)2)14-22(27)26(12-6-11-25(3)4)23-24-20-10-9-19(28-5)15-21(20)29-23;/h7-10,13,15H,6,11-12,14H2,1-5H3;1H. The van der Waals surface area contributed by atoms with Gasteiger partial charge in [-0.25, -0.2) is 4.98 Å². The summed E-state index contributed by atoms with van der Waals surface area (Å²) < 4.78 is 6.35. The van der Waals surface area contributed by atoms with Gasteiger partial charge in [0.15, 0.2) is 5.13 Å². The summed E-state index contributed by atoms with van der Waals surface area (Å²) in [6.07, 6.45) is 1.27. The molecule has 0 radical (unpaired) electrons. The van der Waals surface area contributed by atoms with Crippen molar-refractivity contribution in [2.45, 2.75) is 26.7 Å². The molecule has 0 bridgehead atoms. The number of thiazole rings is 1. The molecule has 0 spiro atoms. The van der Waals surface area contributed by atoms with Gasteiger partial charge in [-0.1, -0.05) is 29.5 Å². The van der Waals surface area contributed by atoms with Crippen LogP contribution in [-0.2, 0) is 11.2 Å². The molecule has 0 unspecified atom stereocenters. The fourth-order valence-corrected chi connectivity index (χ4v) is 4.23. The monoisotopic (exact) mass is 447 g/mol. The van der Waals surface area contributed by atoms with Crippen molar-refractivity contribution in [2.75, 3.05) is 39.2 Å². The third kappa shape index (κ3) is 5.94. The highest BCUT2D eigenvalue weighted by molar-refractivity contribution is 7.22. The van der Waals surface area contributed by atoms with E-state index in [0.29, 0.717) is 13.0 Å². The number of fused-ring (bicyclic) bond motifs is 1. The van der Waals surface area contributed by atoms with Crippen LogP contribution >= 0.6 is 23.7 Å². The van der Waals surface area contributed by atoms with E-state index in [-0.39, 0.29) is 18.3 Å². The molecule has 1 aromatic heterocycles. The normalized spacial score (nSPS) is 10.9. The van der Waals surface area contributed by atoms with Gasteiger partial charge in [0.2, 0.25) is 5.91 Å². The van der Waals surface area contributed by atoms with Crippen LogP contribution in [0, 0.1) is 13.8 Å². The molecule has 0 N–H and O–H groups in total. The van der Waals surface area contributed by atoms with Crippen LogP contribution in [0.25, 0.3) is 10.2 Å². The smallest absolute Gasteiger partial charge is 0.233 e. The molecule has 1 amide bonds. The largest absolute Gasteiger partial charge is 0.497 e. The van der Waals surface area contributed by atoms with E-state index < -0.39 is 0 Å². The number of amides is 1. The summed E-state index contributed by atoms with van der Waals surface area (Å²) in [5.41, 5.74) is 4.38. The molecular weight excluding hydrogens is 418 g/mol. The number of hydrogen-bond donors (Lipinski definition) is 0. The molecule has 0 aliphatic carbocycles. The van der Waals surface area contributed by atoms with Crippen LogP contribution in [0.5, 0.6) is 5.75 Å². The third-order valence-corrected chi connectivity index (χ3v) is 6.07. The van der Waals surface area contributed by atoms with Crippen molar-refractivity contribution in [3.63, 3.8) is 0 Å². The number of aryl methyl sites for hydroxylation is 2. The van der Waals surface area contributed by atoms with E-state index in [1.807, 2.05) is 43.3 Å². The molecule has 30 heavy (non-hydrogen) atoms. The molecule has 3 aromatic rings. The summed E-state index contributed by atoms with van der Waals surface area (Å²) in [6, 6.07) is 12.1. The second-order valence-electron chi connectivity index (χ2n) is 7.63. The van der Waals surface area contributed by atoms with Crippen LogP contribution in [0.1, 0.15) is 23.1 Å². The number of anilines is 1. The van der Waals surface area contributed by atoms with Gasteiger partial charge in [0.1, 0.15) is 5.75 Å². The molecule has 0 fully saturated rings. The first-order valence-electron chi connectivity index (χ1n) is 9.83. The number of methoxy groups -OCH3 is 1. The summed E-state index contributed by atoms with van der Waals surface area (Å²) in [5.74, 6) is 0.881. The second kappa shape index (κ2) is 10.8. The number of hydrogen-bond acceptors (Lipinski definition) is 5. The lowest BCUT2D eigenvalue weighted by molar-refractivity contribution is -0.118. The van der Waals surface area contributed by atoms with Crippen LogP contribution in [0.3, 0.4) is 0 Å². The first-order valence-corrected chi connectivity index (χ1v) is 10.6. The van der Waals surface area contributed by atoms with E-state index in [0.717, 1.165) is 39.6 Å². The summed E-state index contributed by atoms with van der Waals surface area (Å²) in [6.45, 7) is 5.74. The lowest BCUT2D eigenvalue weighted by atomic mass is 10.0. The van der Waals surface area contributed by atoms with E-state index >= 15 is 0 Å². The average molecular weight is 448 g/mol. The maximum absolute atomic E-state index is 13.2. The summed E-state index contributed by atoms with van der Waals surface area (Å²) in [4.78, 5) is 22.0. The zero-order valence-corrected chi connectivity index (χ0v) is 19.9. The molecule has 7 heteroatoms. The van der Waals surface area contributed by atoms with E-state index in [2.05, 4.69) is 30.9 Å². The maximum Gasteiger partial charge on any atom is 0.233 e. The topological polar surface area (TPSA) is 45.7 Å². The van der Waals surface area contributed by atoms with Crippen molar-refractivity contribution in [3.8, 4) is 5.75 Å². The van der Waals surface area contributed by atoms with Crippen LogP contribution in [-0.4, -0.2) is 50.1 Å². The molecule has 0 atom stereocenters. The Morgan fingerprint density at radius 2 is 1.83 bits per heavy atom. The van der Waals surface area contributed by atoms with Crippen molar-refractivity contribution in [1.29, 1.82) is 0 Å². The van der Waals surface area contributed by atoms with Gasteiger partial charge in [0.25, 0.3) is 0 Å². The lowest BCUT2D eigenvalue weighted by Gasteiger charge is -2.21. The number of nitrogens with zero attached hydrogens (tertiary/aromatic N) is 3. The molecule has 0 saturated heterocycles. The minimum Gasteiger partial charge on any atom is -0.497 e. The minimum absolute atomic E-state index is 0. The molecule has 0 aliphatic heterocycles. The number of ether oxygens (including phenoxy) is 1. The molecule has 1 heterocycles. The molecule has 0 aliphatic rings. The Kier molecular flexibility index (Phi) is 8.65. The van der Waals surface area contributed by atoms with Gasteiger partial charge in [0.05, 0.1) is 23.7 Å². The molecular formula is C23H30ClN3O2S. The first kappa shape index (κ1) is 24.1. The zero-order valence-electron chi connectivity index (χ0n) is 18.3. The van der Waals surface area contributed by atoms with E-state index in [4.69, 9.17) is 9.72 Å². The maximum atomic E-state index is 13.2. The number of benzene rings is 2. The van der Waals surface area contributed by atoms with Gasteiger partial charge >= 0.3 is 0 Å². The fourth-order valence-electron chi connectivity index (χ4n) is 3.19. The highest BCUT2D eigenvalue weighted by Crippen LogP contribution is 2.32. The number of carbonyl (C=O) groups is 1. The Labute approximate surface area is 189 Å². The van der Waals surface area contributed by atoms with Crippen LogP contribution in [0.15, 0.2) is 36.4 Å². The lowest BCUT2D eigenvalue weighted by Crippen LogP contribution is -2.34. The number of carbonyl (C=O) groups excluding carboxylic acids is 1. The van der Waals surface area contributed by atoms with Gasteiger partial charge in [-0.05, 0) is 75.8 Å². The van der Waals surface area contributed by atoms with Crippen molar-refractivity contribution in [1.82, 2.24) is 9.88 Å².